The minimum Gasteiger partial charge on any atom is -0.365 e. The summed E-state index contributed by atoms with van der Waals surface area (Å²) in [4.78, 5) is 25.9. The van der Waals surface area contributed by atoms with E-state index >= 15 is 0 Å². The third-order valence-corrected chi connectivity index (χ3v) is 6.44. The number of aryl methyl sites for hydroxylation is 1. The Hall–Kier alpha value is -4.60. The van der Waals surface area contributed by atoms with Gasteiger partial charge in [0.2, 0.25) is 5.95 Å². The zero-order chi connectivity index (χ0) is 24.6. The highest BCUT2D eigenvalue weighted by Crippen LogP contribution is 2.27. The maximum atomic E-state index is 13.1. The van der Waals surface area contributed by atoms with Crippen LogP contribution in [-0.2, 0) is 7.05 Å². The van der Waals surface area contributed by atoms with Crippen LogP contribution in [0.15, 0.2) is 73.6 Å². The van der Waals surface area contributed by atoms with Crippen molar-refractivity contribution in [1.29, 1.82) is 0 Å². The Balaban J connectivity index is 1.13. The number of carbonyl (C=O) groups excluding carboxylic acids is 1. The number of aromatic nitrogens is 6. The number of ketones is 1. The molecule has 0 amide bonds. The van der Waals surface area contributed by atoms with Crippen LogP contribution < -0.4 is 9.80 Å². The van der Waals surface area contributed by atoms with Crippen molar-refractivity contribution in [3.05, 3.63) is 90.5 Å². The summed E-state index contributed by atoms with van der Waals surface area (Å²) in [6.07, 6.45) is 10.8. The van der Waals surface area contributed by atoms with Crippen LogP contribution in [0, 0.1) is 5.82 Å². The van der Waals surface area contributed by atoms with E-state index in [1.54, 1.807) is 4.68 Å². The Labute approximate surface area is 206 Å². The fourth-order valence-corrected chi connectivity index (χ4v) is 4.47. The molecule has 1 aliphatic rings. The van der Waals surface area contributed by atoms with Crippen molar-refractivity contribution in [2.75, 3.05) is 36.0 Å². The molecule has 5 heterocycles. The Morgan fingerprint density at radius 1 is 0.778 bits per heavy atom. The summed E-state index contributed by atoms with van der Waals surface area (Å²) < 4.78 is 16.8. The second-order valence-corrected chi connectivity index (χ2v) is 8.76. The summed E-state index contributed by atoms with van der Waals surface area (Å²) in [5.74, 6) is -0.0201. The minimum atomic E-state index is -0.379. The van der Waals surface area contributed by atoms with E-state index < -0.39 is 0 Å². The molecule has 0 aliphatic carbocycles. The molecule has 1 fully saturated rings. The van der Waals surface area contributed by atoms with E-state index in [0.29, 0.717) is 17.1 Å². The highest BCUT2D eigenvalue weighted by Gasteiger charge is 2.22. The standard InChI is InChI=1S/C26H23FN8O/c1-32-16-21(14-30-32)19-4-7-23-24(15-31-35(23)17-19)33-8-10-34(11-9-33)26-28-12-20(13-29-26)25(36)18-2-5-22(27)6-3-18/h2-7,12-17H,8-11H2,1H3. The predicted molar refractivity (Wildman–Crippen MR) is 134 cm³/mol. The average Bonchev–Trinajstić information content (AvgIpc) is 3.55. The first-order valence-electron chi connectivity index (χ1n) is 11.6. The van der Waals surface area contributed by atoms with E-state index in [9.17, 15) is 9.18 Å². The van der Waals surface area contributed by atoms with Gasteiger partial charge in [0.1, 0.15) is 5.82 Å². The number of nitrogens with zero attached hydrogens (tertiary/aromatic N) is 8. The zero-order valence-electron chi connectivity index (χ0n) is 19.6. The average molecular weight is 483 g/mol. The molecule has 0 unspecified atom stereocenters. The molecule has 1 aromatic carbocycles. The lowest BCUT2D eigenvalue weighted by Gasteiger charge is -2.35. The predicted octanol–water partition coefficient (Wildman–Crippen LogP) is 3.22. The first-order valence-corrected chi connectivity index (χ1v) is 11.6. The molecule has 0 radical (unpaired) electrons. The molecule has 1 saturated heterocycles. The molecular weight excluding hydrogens is 459 g/mol. The quantitative estimate of drug-likeness (QED) is 0.356. The highest BCUT2D eigenvalue weighted by atomic mass is 19.1. The summed E-state index contributed by atoms with van der Waals surface area (Å²) in [6.45, 7) is 3.09. The number of rotatable bonds is 5. The van der Waals surface area contributed by atoms with Crippen LogP contribution in [0.3, 0.4) is 0 Å². The summed E-state index contributed by atoms with van der Waals surface area (Å²) in [5, 5.41) is 8.83. The van der Waals surface area contributed by atoms with E-state index in [4.69, 9.17) is 0 Å². The Morgan fingerprint density at radius 3 is 2.19 bits per heavy atom. The van der Waals surface area contributed by atoms with Gasteiger partial charge in [0.05, 0.1) is 29.2 Å². The minimum absolute atomic E-state index is 0.230. The van der Waals surface area contributed by atoms with Gasteiger partial charge >= 0.3 is 0 Å². The molecule has 6 rings (SSSR count). The van der Waals surface area contributed by atoms with Gasteiger partial charge in [-0.1, -0.05) is 6.07 Å². The van der Waals surface area contributed by atoms with Crippen molar-refractivity contribution in [2.45, 2.75) is 0 Å². The van der Waals surface area contributed by atoms with Crippen molar-refractivity contribution in [3.8, 4) is 11.1 Å². The van der Waals surface area contributed by atoms with Gasteiger partial charge < -0.3 is 9.80 Å². The molecule has 0 spiro atoms. The van der Waals surface area contributed by atoms with E-state index in [-0.39, 0.29) is 11.6 Å². The number of hydrogen-bond acceptors (Lipinski definition) is 7. The number of hydrogen-bond donors (Lipinski definition) is 0. The first-order chi connectivity index (χ1) is 17.5. The molecule has 0 N–H and O–H groups in total. The zero-order valence-corrected chi connectivity index (χ0v) is 19.6. The van der Waals surface area contributed by atoms with Crippen LogP contribution in [0.2, 0.25) is 0 Å². The number of piperazine rings is 1. The largest absolute Gasteiger partial charge is 0.365 e. The van der Waals surface area contributed by atoms with E-state index in [0.717, 1.165) is 48.5 Å². The second kappa shape index (κ2) is 8.88. The van der Waals surface area contributed by atoms with Crippen molar-refractivity contribution in [3.63, 3.8) is 0 Å². The summed E-state index contributed by atoms with van der Waals surface area (Å²) >= 11 is 0. The maximum Gasteiger partial charge on any atom is 0.225 e. The SMILES string of the molecule is Cn1cc(-c2ccc3c(N4CCN(c5ncc(C(=O)c6ccc(F)cc6)cn5)CC4)cnn3c2)cn1. The summed E-state index contributed by atoms with van der Waals surface area (Å²) in [6, 6.07) is 9.65. The Morgan fingerprint density at radius 2 is 1.50 bits per heavy atom. The molecule has 10 heteroatoms. The van der Waals surface area contributed by atoms with Crippen LogP contribution in [0.25, 0.3) is 16.6 Å². The van der Waals surface area contributed by atoms with E-state index in [2.05, 4.69) is 42.1 Å². The topological polar surface area (TPSA) is 84.5 Å². The fourth-order valence-electron chi connectivity index (χ4n) is 4.47. The highest BCUT2D eigenvalue weighted by molar-refractivity contribution is 6.08. The van der Waals surface area contributed by atoms with Gasteiger partial charge in [-0.3, -0.25) is 9.48 Å². The number of carbonyl (C=O) groups is 1. The molecule has 9 nitrogen and oxygen atoms in total. The van der Waals surface area contributed by atoms with Crippen LogP contribution in [0.4, 0.5) is 16.0 Å². The van der Waals surface area contributed by atoms with Gasteiger partial charge in [0.15, 0.2) is 5.78 Å². The van der Waals surface area contributed by atoms with Gasteiger partial charge in [-0.2, -0.15) is 10.2 Å². The van der Waals surface area contributed by atoms with Crippen LogP contribution in [-0.4, -0.2) is 61.3 Å². The molecule has 0 saturated carbocycles. The number of anilines is 2. The lowest BCUT2D eigenvalue weighted by atomic mass is 10.1. The van der Waals surface area contributed by atoms with Crippen molar-refractivity contribution >= 4 is 22.9 Å². The Kier molecular flexibility index (Phi) is 5.40. The second-order valence-electron chi connectivity index (χ2n) is 8.76. The van der Waals surface area contributed by atoms with Gasteiger partial charge in [-0.25, -0.2) is 18.9 Å². The molecule has 36 heavy (non-hydrogen) atoms. The summed E-state index contributed by atoms with van der Waals surface area (Å²) in [7, 11) is 1.90. The lowest BCUT2D eigenvalue weighted by Crippen LogP contribution is -2.47. The molecule has 180 valence electrons. The van der Waals surface area contributed by atoms with Crippen molar-refractivity contribution < 1.29 is 9.18 Å². The third kappa shape index (κ3) is 4.06. The van der Waals surface area contributed by atoms with Gasteiger partial charge in [-0.15, -0.1) is 0 Å². The normalized spacial score (nSPS) is 13.9. The van der Waals surface area contributed by atoms with Gasteiger partial charge in [-0.05, 0) is 30.3 Å². The van der Waals surface area contributed by atoms with Gasteiger partial charge in [0, 0.05) is 74.7 Å². The fraction of sp³-hybridized carbons (Fsp3) is 0.192. The number of fused-ring (bicyclic) bond motifs is 1. The van der Waals surface area contributed by atoms with Crippen molar-refractivity contribution in [1.82, 2.24) is 29.4 Å². The molecule has 4 aromatic heterocycles. The number of benzene rings is 1. The summed E-state index contributed by atoms with van der Waals surface area (Å²) in [5.41, 5.74) is 5.04. The van der Waals surface area contributed by atoms with Crippen LogP contribution in [0.1, 0.15) is 15.9 Å². The monoisotopic (exact) mass is 482 g/mol. The van der Waals surface area contributed by atoms with Gasteiger partial charge in [0.25, 0.3) is 0 Å². The number of halogens is 1. The molecule has 0 bridgehead atoms. The third-order valence-electron chi connectivity index (χ3n) is 6.44. The van der Waals surface area contributed by atoms with Crippen LogP contribution in [0.5, 0.6) is 0 Å². The molecular formula is C26H23FN8O. The van der Waals surface area contributed by atoms with E-state index in [1.165, 1.54) is 36.7 Å². The van der Waals surface area contributed by atoms with E-state index in [1.807, 2.05) is 36.4 Å². The molecule has 1 aliphatic heterocycles. The van der Waals surface area contributed by atoms with Crippen LogP contribution >= 0.6 is 0 Å². The number of pyridine rings is 1. The smallest absolute Gasteiger partial charge is 0.225 e. The molecule has 0 atom stereocenters. The first kappa shape index (κ1) is 21.9. The lowest BCUT2D eigenvalue weighted by molar-refractivity contribution is 0.103. The Bertz CT molecular complexity index is 1530. The maximum absolute atomic E-state index is 13.1. The van der Waals surface area contributed by atoms with Crippen molar-refractivity contribution in [2.24, 2.45) is 7.05 Å². The molecule has 5 aromatic rings.